The van der Waals surface area contributed by atoms with E-state index in [4.69, 9.17) is 16.3 Å². The maximum atomic E-state index is 10.0. The first kappa shape index (κ1) is 16.8. The molecule has 2 N–H and O–H groups in total. The third-order valence-electron chi connectivity index (χ3n) is 4.11. The van der Waals surface area contributed by atoms with Gasteiger partial charge in [0.1, 0.15) is 0 Å². The van der Waals surface area contributed by atoms with Crippen LogP contribution in [0.2, 0.25) is 5.02 Å². The molecule has 0 aliphatic heterocycles. The molecule has 1 fully saturated rings. The number of ether oxygens (including phenoxy) is 1. The van der Waals surface area contributed by atoms with Gasteiger partial charge in [-0.05, 0) is 31.4 Å². The normalized spacial score (nSPS) is 19.4. The Labute approximate surface area is 132 Å². The van der Waals surface area contributed by atoms with Crippen LogP contribution >= 0.6 is 11.6 Å². The van der Waals surface area contributed by atoms with Crippen molar-refractivity contribution in [3.8, 4) is 0 Å². The van der Waals surface area contributed by atoms with Gasteiger partial charge in [0.05, 0.1) is 18.8 Å². The Morgan fingerprint density at radius 3 is 2.71 bits per heavy atom. The molecule has 2 atom stereocenters. The molecule has 21 heavy (non-hydrogen) atoms. The Bertz CT molecular complexity index is 421. The van der Waals surface area contributed by atoms with Crippen LogP contribution in [0, 0.1) is 0 Å². The van der Waals surface area contributed by atoms with Crippen molar-refractivity contribution < 1.29 is 9.84 Å². The third-order valence-corrected chi connectivity index (χ3v) is 4.45. The van der Waals surface area contributed by atoms with Crippen LogP contribution < -0.4 is 5.32 Å². The van der Waals surface area contributed by atoms with E-state index in [1.54, 1.807) is 0 Å². The van der Waals surface area contributed by atoms with E-state index >= 15 is 0 Å². The molecule has 0 bridgehead atoms. The van der Waals surface area contributed by atoms with Gasteiger partial charge in [-0.2, -0.15) is 0 Å². The first-order valence-corrected chi connectivity index (χ1v) is 8.32. The van der Waals surface area contributed by atoms with Crippen molar-refractivity contribution in [2.75, 3.05) is 13.2 Å². The van der Waals surface area contributed by atoms with E-state index in [2.05, 4.69) is 12.2 Å². The van der Waals surface area contributed by atoms with Crippen LogP contribution in [-0.2, 0) is 4.74 Å². The minimum atomic E-state index is -0.475. The topological polar surface area (TPSA) is 41.5 Å². The summed E-state index contributed by atoms with van der Waals surface area (Å²) in [6, 6.07) is 7.90. The predicted octanol–water partition coefficient (Wildman–Crippen LogP) is 3.70. The second-order valence-electron chi connectivity index (χ2n) is 5.90. The molecule has 1 aromatic rings. The van der Waals surface area contributed by atoms with Crippen LogP contribution in [0.25, 0.3) is 0 Å². The van der Waals surface area contributed by atoms with E-state index in [1.807, 2.05) is 24.3 Å². The number of nitrogens with one attached hydrogen (secondary N) is 1. The maximum absolute atomic E-state index is 10.0. The summed E-state index contributed by atoms with van der Waals surface area (Å²) < 4.78 is 5.79. The van der Waals surface area contributed by atoms with Gasteiger partial charge in [0.2, 0.25) is 0 Å². The van der Waals surface area contributed by atoms with Crippen molar-refractivity contribution in [3.63, 3.8) is 0 Å². The highest BCUT2D eigenvalue weighted by atomic mass is 35.5. The average molecular weight is 312 g/mol. The second-order valence-corrected chi connectivity index (χ2v) is 6.31. The molecule has 0 radical (unpaired) electrons. The highest BCUT2D eigenvalue weighted by molar-refractivity contribution is 6.31. The Morgan fingerprint density at radius 1 is 1.29 bits per heavy atom. The molecular weight excluding hydrogens is 286 g/mol. The zero-order chi connectivity index (χ0) is 15.1. The molecule has 4 heteroatoms. The van der Waals surface area contributed by atoms with E-state index in [1.165, 1.54) is 19.3 Å². The van der Waals surface area contributed by atoms with Gasteiger partial charge in [0, 0.05) is 17.6 Å². The molecule has 0 heterocycles. The van der Waals surface area contributed by atoms with E-state index in [0.29, 0.717) is 19.3 Å². The van der Waals surface area contributed by atoms with Crippen molar-refractivity contribution in [3.05, 3.63) is 34.9 Å². The van der Waals surface area contributed by atoms with E-state index in [9.17, 15) is 5.11 Å². The number of hydrogen-bond acceptors (Lipinski definition) is 3. The molecule has 0 spiro atoms. The van der Waals surface area contributed by atoms with E-state index < -0.39 is 6.10 Å². The largest absolute Gasteiger partial charge is 0.389 e. The van der Waals surface area contributed by atoms with Crippen LogP contribution in [0.1, 0.15) is 50.6 Å². The minimum Gasteiger partial charge on any atom is -0.389 e. The van der Waals surface area contributed by atoms with Gasteiger partial charge in [0.15, 0.2) is 0 Å². The molecular formula is C17H26ClNO2. The van der Waals surface area contributed by atoms with Gasteiger partial charge in [-0.3, -0.25) is 0 Å². The lowest BCUT2D eigenvalue weighted by Crippen LogP contribution is -2.33. The Kier molecular flexibility index (Phi) is 6.97. The maximum Gasteiger partial charge on any atom is 0.0898 e. The van der Waals surface area contributed by atoms with E-state index in [-0.39, 0.29) is 6.04 Å². The zero-order valence-electron chi connectivity index (χ0n) is 12.7. The van der Waals surface area contributed by atoms with Gasteiger partial charge in [-0.25, -0.2) is 0 Å². The summed E-state index contributed by atoms with van der Waals surface area (Å²) >= 11 is 6.17. The number of hydrogen-bond donors (Lipinski definition) is 2. The molecule has 3 nitrogen and oxygen atoms in total. The molecule has 1 saturated carbocycles. The van der Waals surface area contributed by atoms with Crippen molar-refractivity contribution in [1.29, 1.82) is 0 Å². The molecule has 2 unspecified atom stereocenters. The number of halogens is 1. The minimum absolute atomic E-state index is 0.114. The Hall–Kier alpha value is -0.610. The SMILES string of the molecule is CC(NCC(O)COC1CCCCC1)c1ccccc1Cl. The molecule has 118 valence electrons. The highest BCUT2D eigenvalue weighted by Crippen LogP contribution is 2.22. The number of benzene rings is 1. The lowest BCUT2D eigenvalue weighted by molar-refractivity contribution is -0.0235. The standard InChI is InChI=1S/C17H26ClNO2/c1-13(16-9-5-6-10-17(16)18)19-11-14(20)12-21-15-7-3-2-4-8-15/h5-6,9-10,13-15,19-20H,2-4,7-8,11-12H2,1H3. The molecule has 0 saturated heterocycles. The van der Waals surface area contributed by atoms with Gasteiger partial charge >= 0.3 is 0 Å². The van der Waals surface area contributed by atoms with Crippen molar-refractivity contribution >= 4 is 11.6 Å². The summed E-state index contributed by atoms with van der Waals surface area (Å²) in [5.74, 6) is 0. The Morgan fingerprint density at radius 2 is 2.00 bits per heavy atom. The zero-order valence-corrected chi connectivity index (χ0v) is 13.5. The number of aliphatic hydroxyl groups excluding tert-OH is 1. The van der Waals surface area contributed by atoms with Crippen LogP contribution in [0.3, 0.4) is 0 Å². The summed E-state index contributed by atoms with van der Waals surface area (Å²) in [6.07, 6.45) is 5.96. The quantitative estimate of drug-likeness (QED) is 0.806. The van der Waals surface area contributed by atoms with Gasteiger partial charge < -0.3 is 15.2 Å². The number of aliphatic hydroxyl groups is 1. The summed E-state index contributed by atoms with van der Waals surface area (Å²) in [6.45, 7) is 2.97. The fourth-order valence-electron chi connectivity index (χ4n) is 2.79. The predicted molar refractivity (Wildman–Crippen MR) is 86.7 cm³/mol. The molecule has 1 aliphatic carbocycles. The summed E-state index contributed by atoms with van der Waals surface area (Å²) in [5, 5.41) is 14.1. The fourth-order valence-corrected chi connectivity index (χ4v) is 3.09. The van der Waals surface area contributed by atoms with Gasteiger partial charge in [-0.1, -0.05) is 49.1 Å². The van der Waals surface area contributed by atoms with E-state index in [0.717, 1.165) is 23.4 Å². The van der Waals surface area contributed by atoms with Gasteiger partial charge in [0.25, 0.3) is 0 Å². The van der Waals surface area contributed by atoms with Crippen molar-refractivity contribution in [1.82, 2.24) is 5.32 Å². The summed E-state index contributed by atoms with van der Waals surface area (Å²) in [7, 11) is 0. The first-order valence-electron chi connectivity index (χ1n) is 7.94. The lowest BCUT2D eigenvalue weighted by Gasteiger charge is -2.24. The molecule has 0 amide bonds. The van der Waals surface area contributed by atoms with Crippen LogP contribution in [0.15, 0.2) is 24.3 Å². The monoisotopic (exact) mass is 311 g/mol. The van der Waals surface area contributed by atoms with Crippen LogP contribution in [0.5, 0.6) is 0 Å². The molecule has 0 aromatic heterocycles. The second kappa shape index (κ2) is 8.74. The lowest BCUT2D eigenvalue weighted by atomic mass is 9.98. The van der Waals surface area contributed by atoms with Crippen LogP contribution in [-0.4, -0.2) is 30.5 Å². The summed E-state index contributed by atoms with van der Waals surface area (Å²) in [5.41, 5.74) is 1.06. The first-order chi connectivity index (χ1) is 10.2. The Balaban J connectivity index is 1.68. The van der Waals surface area contributed by atoms with Crippen molar-refractivity contribution in [2.45, 2.75) is 57.3 Å². The fraction of sp³-hybridized carbons (Fsp3) is 0.647. The molecule has 1 aliphatic rings. The molecule has 2 rings (SSSR count). The molecule has 1 aromatic carbocycles. The highest BCUT2D eigenvalue weighted by Gasteiger charge is 2.16. The van der Waals surface area contributed by atoms with Gasteiger partial charge in [-0.15, -0.1) is 0 Å². The van der Waals surface area contributed by atoms with Crippen LogP contribution in [0.4, 0.5) is 0 Å². The third kappa shape index (κ3) is 5.59. The summed E-state index contributed by atoms with van der Waals surface area (Å²) in [4.78, 5) is 0. The smallest absolute Gasteiger partial charge is 0.0898 e. The van der Waals surface area contributed by atoms with Crippen molar-refractivity contribution in [2.24, 2.45) is 0 Å². The number of rotatable bonds is 7. The average Bonchev–Trinajstić information content (AvgIpc) is 2.52.